The molecule has 0 radical (unpaired) electrons. The van der Waals surface area contributed by atoms with Gasteiger partial charge in [-0.15, -0.1) is 0 Å². The maximum atomic E-state index is 13.1. The summed E-state index contributed by atoms with van der Waals surface area (Å²) in [6.07, 6.45) is 1.61. The van der Waals surface area contributed by atoms with E-state index in [-0.39, 0.29) is 22.3 Å². The van der Waals surface area contributed by atoms with Crippen molar-refractivity contribution < 1.29 is 24.2 Å². The third-order valence-electron chi connectivity index (χ3n) is 4.32. The van der Waals surface area contributed by atoms with Crippen molar-refractivity contribution in [2.75, 3.05) is 6.61 Å². The zero-order chi connectivity index (χ0) is 22.5. The van der Waals surface area contributed by atoms with Gasteiger partial charge in [-0.2, -0.15) is 0 Å². The average molecular weight is 477 g/mol. The average Bonchev–Trinajstić information content (AvgIpc) is 2.99. The number of nitrogens with two attached hydrogens (primary N) is 1. The van der Waals surface area contributed by atoms with Crippen LogP contribution in [0.4, 0.5) is 0 Å². The van der Waals surface area contributed by atoms with E-state index in [1.807, 2.05) is 6.07 Å². The van der Waals surface area contributed by atoms with Crippen molar-refractivity contribution in [3.05, 3.63) is 69.6 Å². The molecule has 1 aliphatic heterocycles. The van der Waals surface area contributed by atoms with Crippen LogP contribution in [0.15, 0.2) is 53.4 Å². The number of carbonyl (C=O) groups excluding carboxylic acids is 2. The predicted molar refractivity (Wildman–Crippen MR) is 123 cm³/mol. The van der Waals surface area contributed by atoms with Crippen molar-refractivity contribution in [2.24, 2.45) is 5.73 Å². The summed E-state index contributed by atoms with van der Waals surface area (Å²) in [5, 5.41) is 10.1. The topological polar surface area (TPSA) is 110 Å². The van der Waals surface area contributed by atoms with Crippen LogP contribution in [0.3, 0.4) is 0 Å². The molecule has 2 aromatic rings. The number of benzene rings is 2. The lowest BCUT2D eigenvalue weighted by atomic mass is 10.0. The quantitative estimate of drug-likeness (QED) is 0.445. The minimum atomic E-state index is -1.16. The number of rotatable bonds is 8. The highest BCUT2D eigenvalue weighted by Crippen LogP contribution is 2.36. The van der Waals surface area contributed by atoms with E-state index in [1.54, 1.807) is 42.5 Å². The molecule has 160 valence electrons. The summed E-state index contributed by atoms with van der Waals surface area (Å²) in [4.78, 5) is 37.4. The molecule has 0 saturated carbocycles. The molecule has 1 heterocycles. The first-order chi connectivity index (χ1) is 14.8. The highest BCUT2D eigenvalue weighted by atomic mass is 35.5. The number of hydrogen-bond donors (Lipinski definition) is 2. The second kappa shape index (κ2) is 9.95. The molecule has 0 spiro atoms. The van der Waals surface area contributed by atoms with E-state index in [0.29, 0.717) is 16.3 Å². The van der Waals surface area contributed by atoms with E-state index in [9.17, 15) is 19.5 Å². The van der Waals surface area contributed by atoms with Gasteiger partial charge >= 0.3 is 5.97 Å². The van der Waals surface area contributed by atoms with Gasteiger partial charge in [0, 0.05) is 17.0 Å². The first-order valence-electron chi connectivity index (χ1n) is 9.00. The molecule has 0 aromatic heterocycles. The third kappa shape index (κ3) is 5.63. The number of hydrogen-bond acceptors (Lipinski definition) is 6. The van der Waals surface area contributed by atoms with Crippen LogP contribution in [0.25, 0.3) is 6.08 Å². The summed E-state index contributed by atoms with van der Waals surface area (Å²) in [6.45, 7) is -0.346. The Morgan fingerprint density at radius 3 is 2.61 bits per heavy atom. The maximum absolute atomic E-state index is 13.1. The molecule has 0 bridgehead atoms. The van der Waals surface area contributed by atoms with Crippen LogP contribution in [0.2, 0.25) is 5.02 Å². The van der Waals surface area contributed by atoms with Crippen LogP contribution in [0.5, 0.6) is 5.75 Å². The summed E-state index contributed by atoms with van der Waals surface area (Å²) in [6, 6.07) is 12.5. The Kier molecular flexibility index (Phi) is 7.32. The molecule has 1 atom stereocenters. The molecule has 3 N–H and O–H groups in total. The Balaban J connectivity index is 1.90. The fourth-order valence-electron chi connectivity index (χ4n) is 2.93. The number of carbonyl (C=O) groups is 3. The molecule has 2 aromatic carbocycles. The lowest BCUT2D eigenvalue weighted by Crippen LogP contribution is -2.45. The minimum Gasteiger partial charge on any atom is -0.483 e. The van der Waals surface area contributed by atoms with Gasteiger partial charge in [0.05, 0.1) is 4.91 Å². The molecule has 1 fully saturated rings. The predicted octanol–water partition coefficient (Wildman–Crippen LogP) is 3.10. The molecule has 10 heteroatoms. The number of thioether (sulfide) groups is 1. The molecular weight excluding hydrogens is 460 g/mol. The Morgan fingerprint density at radius 1 is 1.26 bits per heavy atom. The number of halogens is 1. The third-order valence-corrected chi connectivity index (χ3v) is 5.89. The number of primary amides is 1. The first-order valence-corrected chi connectivity index (χ1v) is 10.6. The zero-order valence-electron chi connectivity index (χ0n) is 16.0. The molecular formula is C21H17ClN2O5S2. The van der Waals surface area contributed by atoms with Crippen molar-refractivity contribution in [1.29, 1.82) is 0 Å². The van der Waals surface area contributed by atoms with Crippen molar-refractivity contribution in [2.45, 2.75) is 12.5 Å². The molecule has 3 rings (SSSR count). The number of amides is 2. The van der Waals surface area contributed by atoms with Gasteiger partial charge in [-0.1, -0.05) is 65.9 Å². The number of nitrogens with zero attached hydrogens (tertiary/aromatic N) is 1. The van der Waals surface area contributed by atoms with Gasteiger partial charge in [-0.3, -0.25) is 14.5 Å². The Hall–Kier alpha value is -2.88. The number of aliphatic carboxylic acids is 1. The summed E-state index contributed by atoms with van der Waals surface area (Å²) >= 11 is 12.4. The second-order valence-electron chi connectivity index (χ2n) is 6.53. The van der Waals surface area contributed by atoms with Crippen LogP contribution in [0.1, 0.15) is 11.1 Å². The largest absolute Gasteiger partial charge is 0.483 e. The van der Waals surface area contributed by atoms with Crippen molar-refractivity contribution in [3.8, 4) is 5.75 Å². The van der Waals surface area contributed by atoms with Gasteiger partial charge in [0.25, 0.3) is 11.8 Å². The lowest BCUT2D eigenvalue weighted by molar-refractivity contribution is -0.145. The van der Waals surface area contributed by atoms with Crippen LogP contribution in [-0.2, 0) is 20.8 Å². The second-order valence-corrected chi connectivity index (χ2v) is 8.64. The SMILES string of the molecule is NC(=O)COc1ccc(Cl)cc1/C=C1\SC(=S)N(C(Cc2ccccc2)C(=O)O)C1=O. The van der Waals surface area contributed by atoms with Gasteiger partial charge in [-0.25, -0.2) is 4.79 Å². The number of thiocarbonyl (C=S) groups is 1. The summed E-state index contributed by atoms with van der Waals surface area (Å²) in [5.41, 5.74) is 6.33. The van der Waals surface area contributed by atoms with E-state index in [1.165, 1.54) is 6.08 Å². The first kappa shape index (κ1) is 22.8. The normalized spacial score (nSPS) is 15.9. The smallest absolute Gasteiger partial charge is 0.327 e. The van der Waals surface area contributed by atoms with E-state index >= 15 is 0 Å². The van der Waals surface area contributed by atoms with Crippen LogP contribution in [0, 0.1) is 0 Å². The molecule has 7 nitrogen and oxygen atoms in total. The lowest BCUT2D eigenvalue weighted by Gasteiger charge is -2.23. The highest BCUT2D eigenvalue weighted by molar-refractivity contribution is 8.26. The molecule has 1 unspecified atom stereocenters. The fraction of sp³-hybridized carbons (Fsp3) is 0.143. The standard InChI is InChI=1S/C21H17ClN2O5S2/c22-14-6-7-16(29-11-18(23)25)13(9-14)10-17-19(26)24(21(30)31-17)15(20(27)28)8-12-4-2-1-3-5-12/h1-7,9-10,15H,8,11H2,(H2,23,25)(H,27,28)/b17-10-. The van der Waals surface area contributed by atoms with Gasteiger partial charge in [0.15, 0.2) is 6.61 Å². The van der Waals surface area contributed by atoms with Crippen molar-refractivity contribution >= 4 is 63.8 Å². The maximum Gasteiger partial charge on any atom is 0.327 e. The summed E-state index contributed by atoms with van der Waals surface area (Å²) < 4.78 is 5.52. The number of carboxylic acid groups (broad SMARTS) is 1. The van der Waals surface area contributed by atoms with Crippen LogP contribution in [-0.4, -0.2) is 44.8 Å². The van der Waals surface area contributed by atoms with Crippen LogP contribution < -0.4 is 10.5 Å². The Bertz CT molecular complexity index is 1070. The van der Waals surface area contributed by atoms with E-state index < -0.39 is 23.8 Å². The summed E-state index contributed by atoms with van der Waals surface area (Å²) in [7, 11) is 0. The fourth-order valence-corrected chi connectivity index (χ4v) is 4.46. The minimum absolute atomic E-state index is 0.111. The van der Waals surface area contributed by atoms with E-state index in [2.05, 4.69) is 0 Å². The molecule has 1 saturated heterocycles. The van der Waals surface area contributed by atoms with E-state index in [4.69, 9.17) is 34.3 Å². The van der Waals surface area contributed by atoms with Crippen molar-refractivity contribution in [3.63, 3.8) is 0 Å². The van der Waals surface area contributed by atoms with Gasteiger partial charge in [-0.05, 0) is 29.8 Å². The van der Waals surface area contributed by atoms with Gasteiger partial charge in [0.1, 0.15) is 16.1 Å². The van der Waals surface area contributed by atoms with E-state index in [0.717, 1.165) is 22.2 Å². The number of ether oxygens (including phenoxy) is 1. The Morgan fingerprint density at radius 2 is 1.97 bits per heavy atom. The molecule has 1 aliphatic rings. The highest BCUT2D eigenvalue weighted by Gasteiger charge is 2.40. The number of carboxylic acids is 1. The zero-order valence-corrected chi connectivity index (χ0v) is 18.4. The molecule has 31 heavy (non-hydrogen) atoms. The van der Waals surface area contributed by atoms with Crippen LogP contribution >= 0.6 is 35.6 Å². The summed E-state index contributed by atoms with van der Waals surface area (Å²) in [5.74, 6) is -2.04. The Labute approximate surface area is 192 Å². The van der Waals surface area contributed by atoms with Gasteiger partial charge < -0.3 is 15.6 Å². The van der Waals surface area contributed by atoms with Gasteiger partial charge in [0.2, 0.25) is 0 Å². The van der Waals surface area contributed by atoms with Crippen molar-refractivity contribution in [1.82, 2.24) is 4.90 Å². The monoisotopic (exact) mass is 476 g/mol. The molecule has 2 amide bonds. The molecule has 0 aliphatic carbocycles.